The molecule has 0 spiro atoms. The van der Waals surface area contributed by atoms with Gasteiger partial charge in [0.25, 0.3) is 0 Å². The van der Waals surface area contributed by atoms with E-state index >= 15 is 0 Å². The van der Waals surface area contributed by atoms with Gasteiger partial charge in [-0.15, -0.1) is 0 Å². The van der Waals surface area contributed by atoms with Gasteiger partial charge in [0.15, 0.2) is 0 Å². The monoisotopic (exact) mass is 474 g/mol. The Morgan fingerprint density at radius 1 is 0.581 bits per heavy atom. The van der Waals surface area contributed by atoms with Crippen LogP contribution in [0.4, 0.5) is 0 Å². The van der Waals surface area contributed by atoms with Gasteiger partial charge in [-0.2, -0.15) is 0 Å². The Labute approximate surface area is 195 Å². The van der Waals surface area contributed by atoms with Crippen LogP contribution >= 0.6 is 0 Å². The zero-order chi connectivity index (χ0) is 20.9. The number of rotatable bonds is 3. The van der Waals surface area contributed by atoms with Gasteiger partial charge in [-0.3, -0.25) is 0 Å². The van der Waals surface area contributed by atoms with Crippen LogP contribution in [-0.2, 0) is 23.2 Å². The normalized spacial score (nSPS) is 19.0. The molecule has 0 bridgehead atoms. The summed E-state index contributed by atoms with van der Waals surface area (Å²) < 4.78 is 1.30. The van der Waals surface area contributed by atoms with E-state index in [1.807, 2.05) is 0 Å². The van der Waals surface area contributed by atoms with Crippen LogP contribution in [0.2, 0.25) is 0 Å². The average Bonchev–Trinajstić information content (AvgIpc) is 3.30. The van der Waals surface area contributed by atoms with E-state index in [1.165, 1.54) is 33.0 Å². The van der Waals surface area contributed by atoms with Crippen LogP contribution in [0, 0.1) is 0 Å². The van der Waals surface area contributed by atoms with E-state index in [2.05, 4.69) is 111 Å². The van der Waals surface area contributed by atoms with Crippen molar-refractivity contribution in [2.75, 3.05) is 0 Å². The van der Waals surface area contributed by atoms with E-state index in [-0.39, 0.29) is 0 Å². The molecule has 6 rings (SSSR count). The molecule has 31 heavy (non-hydrogen) atoms. The zero-order valence-electron chi connectivity index (χ0n) is 17.9. The average molecular weight is 476 g/mol. The van der Waals surface area contributed by atoms with Crippen LogP contribution < -0.4 is 0 Å². The predicted molar refractivity (Wildman–Crippen MR) is 129 cm³/mol. The van der Waals surface area contributed by atoms with Gasteiger partial charge in [-0.1, -0.05) is 0 Å². The SMILES string of the molecule is CC1=Cc2c(-c3ccccc3)cccc2[CH]1[Zr][CH]1C(C)=Cc2c1ccc1ccccc21. The summed E-state index contributed by atoms with van der Waals surface area (Å²) in [5.41, 5.74) is 11.9. The molecule has 4 aromatic carbocycles. The number of hydrogen-bond donors (Lipinski definition) is 0. The third-order valence-electron chi connectivity index (χ3n) is 6.84. The van der Waals surface area contributed by atoms with E-state index in [0.29, 0.717) is 7.25 Å². The molecule has 0 radical (unpaired) electrons. The van der Waals surface area contributed by atoms with Gasteiger partial charge in [0.05, 0.1) is 0 Å². The van der Waals surface area contributed by atoms with Crippen molar-refractivity contribution in [1.29, 1.82) is 0 Å². The number of hydrogen-bond acceptors (Lipinski definition) is 0. The van der Waals surface area contributed by atoms with Crippen molar-refractivity contribution in [3.05, 3.63) is 118 Å². The van der Waals surface area contributed by atoms with E-state index in [9.17, 15) is 0 Å². The van der Waals surface area contributed by atoms with Gasteiger partial charge in [0, 0.05) is 0 Å². The molecule has 2 aliphatic carbocycles. The Kier molecular flexibility index (Phi) is 4.69. The van der Waals surface area contributed by atoms with Gasteiger partial charge in [-0.25, -0.2) is 0 Å². The van der Waals surface area contributed by atoms with Crippen LogP contribution in [0.25, 0.3) is 34.1 Å². The molecule has 4 aromatic rings. The Morgan fingerprint density at radius 3 is 2.06 bits per heavy atom. The second kappa shape index (κ2) is 7.57. The Hall–Kier alpha value is -2.50. The summed E-state index contributed by atoms with van der Waals surface area (Å²) in [5.74, 6) is 0. The first-order chi connectivity index (χ1) is 15.2. The molecule has 1 heteroatoms. The molecule has 2 atom stereocenters. The van der Waals surface area contributed by atoms with Gasteiger partial charge >= 0.3 is 197 Å². The second-order valence-electron chi connectivity index (χ2n) is 8.77. The van der Waals surface area contributed by atoms with E-state index in [4.69, 9.17) is 0 Å². The number of fused-ring (bicyclic) bond motifs is 4. The fourth-order valence-corrected chi connectivity index (χ4v) is 9.95. The second-order valence-corrected chi connectivity index (χ2v) is 12.4. The maximum atomic E-state index is 2.47. The maximum absolute atomic E-state index is 2.47. The minimum absolute atomic E-state index is 0.646. The quantitative estimate of drug-likeness (QED) is 0.280. The minimum atomic E-state index is -0.802. The molecule has 0 saturated carbocycles. The van der Waals surface area contributed by atoms with Crippen molar-refractivity contribution in [2.45, 2.75) is 21.1 Å². The Balaban J connectivity index is 1.40. The fraction of sp³-hybridized carbons (Fsp3) is 0.133. The molecule has 2 aliphatic rings. The van der Waals surface area contributed by atoms with Crippen LogP contribution in [0.3, 0.4) is 0 Å². The van der Waals surface area contributed by atoms with Crippen molar-refractivity contribution >= 4 is 22.9 Å². The van der Waals surface area contributed by atoms with E-state index < -0.39 is 23.2 Å². The van der Waals surface area contributed by atoms with E-state index in [0.717, 1.165) is 0 Å². The molecular formula is C30H24Zr. The summed E-state index contributed by atoms with van der Waals surface area (Å²) >= 11 is -0.802. The van der Waals surface area contributed by atoms with Gasteiger partial charge in [0.2, 0.25) is 0 Å². The zero-order valence-corrected chi connectivity index (χ0v) is 20.4. The third-order valence-corrected chi connectivity index (χ3v) is 12.2. The van der Waals surface area contributed by atoms with Gasteiger partial charge < -0.3 is 0 Å². The third kappa shape index (κ3) is 3.14. The molecular weight excluding hydrogens is 452 g/mol. The summed E-state index contributed by atoms with van der Waals surface area (Å²) in [5, 5.41) is 2.76. The summed E-state index contributed by atoms with van der Waals surface area (Å²) in [6, 6.07) is 31.3. The molecule has 2 unspecified atom stereocenters. The predicted octanol–water partition coefficient (Wildman–Crippen LogP) is 8.21. The van der Waals surface area contributed by atoms with Crippen LogP contribution in [0.5, 0.6) is 0 Å². The van der Waals surface area contributed by atoms with Crippen LogP contribution in [-0.4, -0.2) is 0 Å². The summed E-state index contributed by atoms with van der Waals surface area (Å²) in [6.45, 7) is 4.71. The molecule has 0 saturated heterocycles. The van der Waals surface area contributed by atoms with Crippen molar-refractivity contribution in [3.63, 3.8) is 0 Å². The molecule has 0 aliphatic heterocycles. The summed E-state index contributed by atoms with van der Waals surface area (Å²) in [4.78, 5) is 0. The topological polar surface area (TPSA) is 0 Å². The standard InChI is InChI=1S/C16H13.C14H11.Zr/c1-12-10-14-8-5-9-15(16(14)11-12)13-6-3-2-4-7-13;1-10-8-12-7-6-11-4-2-3-5-13(11)14(12)9-10;/h2-11H,1H3;2-9H,1H3;. The van der Waals surface area contributed by atoms with Crippen molar-refractivity contribution in [1.82, 2.24) is 0 Å². The van der Waals surface area contributed by atoms with E-state index in [1.54, 1.807) is 22.3 Å². The van der Waals surface area contributed by atoms with Gasteiger partial charge in [-0.05, 0) is 0 Å². The number of benzene rings is 4. The Morgan fingerprint density at radius 2 is 1.26 bits per heavy atom. The molecule has 0 aromatic heterocycles. The first-order valence-corrected chi connectivity index (χ1v) is 13.9. The molecule has 0 nitrogen and oxygen atoms in total. The first kappa shape index (κ1) is 19.2. The van der Waals surface area contributed by atoms with Crippen LogP contribution in [0.15, 0.2) is 96.1 Å². The van der Waals surface area contributed by atoms with Crippen molar-refractivity contribution in [2.24, 2.45) is 0 Å². The van der Waals surface area contributed by atoms with Gasteiger partial charge in [0.1, 0.15) is 0 Å². The van der Waals surface area contributed by atoms with Crippen molar-refractivity contribution < 1.29 is 23.2 Å². The molecule has 148 valence electrons. The first-order valence-electron chi connectivity index (χ1n) is 11.0. The van der Waals surface area contributed by atoms with Crippen molar-refractivity contribution in [3.8, 4) is 11.1 Å². The Bertz CT molecular complexity index is 1370. The summed E-state index contributed by atoms with van der Waals surface area (Å²) in [6.07, 6.45) is 4.94. The fourth-order valence-electron chi connectivity index (χ4n) is 5.31. The van der Waals surface area contributed by atoms with Crippen LogP contribution in [0.1, 0.15) is 43.4 Å². The molecule has 0 fully saturated rings. The number of allylic oxidation sites excluding steroid dienone is 2. The summed E-state index contributed by atoms with van der Waals surface area (Å²) in [7, 11) is 0. The molecule has 0 N–H and O–H groups in total. The molecule has 0 amide bonds. The molecule has 0 heterocycles.